The molecule has 7 nitrogen and oxygen atoms in total. The largest absolute Gasteiger partial charge is 0.464 e. The number of nitrogens with zero attached hydrogens (tertiary/aromatic N) is 1. The summed E-state index contributed by atoms with van der Waals surface area (Å²) in [6.07, 6.45) is 0.756. The number of nitrogens with one attached hydrogen (secondary N) is 1. The maximum absolute atomic E-state index is 12.7. The molecule has 0 saturated carbocycles. The molecular formula is C14H17FN2O5. The van der Waals surface area contributed by atoms with E-state index >= 15 is 0 Å². The Morgan fingerprint density at radius 2 is 1.77 bits per heavy atom. The van der Waals surface area contributed by atoms with Crippen LogP contribution in [0.3, 0.4) is 0 Å². The Balaban J connectivity index is 2.71. The van der Waals surface area contributed by atoms with Crippen molar-refractivity contribution in [2.45, 2.75) is 26.3 Å². The van der Waals surface area contributed by atoms with Gasteiger partial charge in [-0.1, -0.05) is 0 Å². The maximum Gasteiger partial charge on any atom is 0.340 e. The smallest absolute Gasteiger partial charge is 0.340 e. The molecule has 1 N–H and O–H groups in total. The Morgan fingerprint density at radius 1 is 1.18 bits per heavy atom. The van der Waals surface area contributed by atoms with Gasteiger partial charge in [0.15, 0.2) is 0 Å². The molecule has 0 spiro atoms. The highest BCUT2D eigenvalue weighted by Gasteiger charge is 2.31. The van der Waals surface area contributed by atoms with Gasteiger partial charge in [-0.15, -0.1) is 0 Å². The summed E-state index contributed by atoms with van der Waals surface area (Å²) < 4.78 is 22.2. The molecule has 1 heterocycles. The number of amides is 1. The van der Waals surface area contributed by atoms with Gasteiger partial charge in [0.2, 0.25) is 11.9 Å². The Morgan fingerprint density at radius 3 is 2.23 bits per heavy atom. The summed E-state index contributed by atoms with van der Waals surface area (Å²) in [7, 11) is 0. The second-order valence-corrected chi connectivity index (χ2v) is 4.15. The van der Waals surface area contributed by atoms with Gasteiger partial charge in [0.25, 0.3) is 0 Å². The molecule has 0 aromatic carbocycles. The van der Waals surface area contributed by atoms with E-state index in [2.05, 4.69) is 10.3 Å². The number of esters is 2. The van der Waals surface area contributed by atoms with Gasteiger partial charge in [-0.25, -0.2) is 14.0 Å². The summed E-state index contributed by atoms with van der Waals surface area (Å²) in [5, 5.41) is 2.23. The van der Waals surface area contributed by atoms with Gasteiger partial charge in [-0.2, -0.15) is 0 Å². The zero-order valence-electron chi connectivity index (χ0n) is 12.3. The molecule has 1 aromatic heterocycles. The molecule has 1 aromatic rings. The van der Waals surface area contributed by atoms with Crippen LogP contribution in [0, 0.1) is 5.82 Å². The number of aromatic nitrogens is 1. The summed E-state index contributed by atoms with van der Waals surface area (Å²) in [6.45, 7) is 3.27. The Kier molecular flexibility index (Phi) is 6.94. The van der Waals surface area contributed by atoms with E-state index in [0.717, 1.165) is 12.3 Å². The first-order chi connectivity index (χ1) is 10.5. The molecule has 0 bridgehead atoms. The Hall–Kier alpha value is -2.51. The average molecular weight is 312 g/mol. The average Bonchev–Trinajstić information content (AvgIpc) is 2.47. The van der Waals surface area contributed by atoms with Crippen LogP contribution < -0.4 is 5.32 Å². The van der Waals surface area contributed by atoms with E-state index in [1.807, 2.05) is 0 Å². The van der Waals surface area contributed by atoms with Crippen LogP contribution in [-0.2, 0) is 30.3 Å². The third-order valence-corrected chi connectivity index (χ3v) is 2.48. The summed E-state index contributed by atoms with van der Waals surface area (Å²) in [4.78, 5) is 39.0. The number of hydrogen-bond acceptors (Lipinski definition) is 6. The van der Waals surface area contributed by atoms with Crippen molar-refractivity contribution in [1.29, 1.82) is 0 Å². The topological polar surface area (TPSA) is 94.6 Å². The lowest BCUT2D eigenvalue weighted by Gasteiger charge is -2.15. The van der Waals surface area contributed by atoms with E-state index in [1.54, 1.807) is 13.8 Å². The van der Waals surface area contributed by atoms with Gasteiger partial charge >= 0.3 is 11.9 Å². The minimum atomic E-state index is -1.53. The first-order valence-electron chi connectivity index (χ1n) is 6.71. The van der Waals surface area contributed by atoms with Crippen LogP contribution >= 0.6 is 0 Å². The van der Waals surface area contributed by atoms with Gasteiger partial charge in [0, 0.05) is 5.69 Å². The van der Waals surface area contributed by atoms with Crippen LogP contribution in [0.4, 0.5) is 4.39 Å². The molecule has 0 fully saturated rings. The van der Waals surface area contributed by atoms with E-state index in [9.17, 15) is 18.8 Å². The third kappa shape index (κ3) is 5.47. The monoisotopic (exact) mass is 312 g/mol. The number of carbonyl (C=O) groups excluding carboxylic acids is 3. The van der Waals surface area contributed by atoms with E-state index in [4.69, 9.17) is 9.47 Å². The summed E-state index contributed by atoms with van der Waals surface area (Å²) in [6, 6.07) is 0.954. The van der Waals surface area contributed by atoms with Gasteiger partial charge in [-0.05, 0) is 26.0 Å². The van der Waals surface area contributed by atoms with Gasteiger partial charge in [0.1, 0.15) is 5.82 Å². The van der Waals surface area contributed by atoms with E-state index in [0.29, 0.717) is 5.69 Å². The number of ether oxygens (including phenoxy) is 2. The third-order valence-electron chi connectivity index (χ3n) is 2.48. The van der Waals surface area contributed by atoms with Crippen LogP contribution in [0.2, 0.25) is 0 Å². The fourth-order valence-corrected chi connectivity index (χ4v) is 1.55. The highest BCUT2D eigenvalue weighted by atomic mass is 19.1. The lowest BCUT2D eigenvalue weighted by atomic mass is 10.2. The maximum atomic E-state index is 12.7. The second kappa shape index (κ2) is 8.71. The molecule has 0 aliphatic carbocycles. The van der Waals surface area contributed by atoms with Gasteiger partial charge in [0.05, 0.1) is 25.8 Å². The van der Waals surface area contributed by atoms with E-state index in [-0.39, 0.29) is 19.6 Å². The van der Waals surface area contributed by atoms with Crippen molar-refractivity contribution >= 4 is 17.8 Å². The summed E-state index contributed by atoms with van der Waals surface area (Å²) in [5.74, 6) is -2.96. The van der Waals surface area contributed by atoms with Crippen molar-refractivity contribution in [3.8, 4) is 0 Å². The lowest BCUT2D eigenvalue weighted by molar-refractivity contribution is -0.159. The van der Waals surface area contributed by atoms with Crippen LogP contribution in [-0.4, -0.2) is 42.1 Å². The Bertz CT molecular complexity index is 515. The SMILES string of the molecule is CCOC(=O)C(NC(=O)Cc1ccc(F)cn1)C(=O)OCC. The molecule has 0 aliphatic rings. The molecule has 0 radical (unpaired) electrons. The number of carbonyl (C=O) groups is 3. The minimum Gasteiger partial charge on any atom is -0.464 e. The summed E-state index contributed by atoms with van der Waals surface area (Å²) in [5.41, 5.74) is 0.297. The molecule has 22 heavy (non-hydrogen) atoms. The second-order valence-electron chi connectivity index (χ2n) is 4.15. The Labute approximate surface area is 126 Å². The fraction of sp³-hybridized carbons (Fsp3) is 0.429. The zero-order chi connectivity index (χ0) is 16.5. The van der Waals surface area contributed by atoms with Crippen LogP contribution in [0.15, 0.2) is 18.3 Å². The van der Waals surface area contributed by atoms with E-state index < -0.39 is 29.7 Å². The number of halogens is 1. The molecule has 0 saturated heterocycles. The van der Waals surface area contributed by atoms with Crippen molar-refractivity contribution in [3.05, 3.63) is 29.8 Å². The minimum absolute atomic E-state index is 0.0596. The molecule has 120 valence electrons. The van der Waals surface area contributed by atoms with Crippen molar-refractivity contribution in [2.75, 3.05) is 13.2 Å². The van der Waals surface area contributed by atoms with Crippen molar-refractivity contribution < 1.29 is 28.2 Å². The van der Waals surface area contributed by atoms with Crippen molar-refractivity contribution in [2.24, 2.45) is 0 Å². The quantitative estimate of drug-likeness (QED) is 0.577. The highest BCUT2D eigenvalue weighted by Crippen LogP contribution is 2.01. The summed E-state index contributed by atoms with van der Waals surface area (Å²) >= 11 is 0. The number of rotatable bonds is 7. The molecule has 0 unspecified atom stereocenters. The number of hydrogen-bond donors (Lipinski definition) is 1. The lowest BCUT2D eigenvalue weighted by Crippen LogP contribution is -2.48. The fourth-order valence-electron chi connectivity index (χ4n) is 1.55. The van der Waals surface area contributed by atoms with Gasteiger partial charge in [-0.3, -0.25) is 9.78 Å². The molecular weight excluding hydrogens is 295 g/mol. The van der Waals surface area contributed by atoms with Gasteiger partial charge < -0.3 is 14.8 Å². The van der Waals surface area contributed by atoms with E-state index in [1.165, 1.54) is 6.07 Å². The molecule has 0 aliphatic heterocycles. The normalized spacial score (nSPS) is 10.2. The van der Waals surface area contributed by atoms with Crippen molar-refractivity contribution in [3.63, 3.8) is 0 Å². The zero-order valence-corrected chi connectivity index (χ0v) is 12.3. The molecule has 1 amide bonds. The van der Waals surface area contributed by atoms with Crippen LogP contribution in [0.25, 0.3) is 0 Å². The highest BCUT2D eigenvalue weighted by molar-refractivity contribution is 6.02. The van der Waals surface area contributed by atoms with Crippen LogP contribution in [0.5, 0.6) is 0 Å². The predicted molar refractivity (Wildman–Crippen MR) is 73.1 cm³/mol. The standard InChI is InChI=1S/C14H17FN2O5/c1-3-21-13(19)12(14(20)22-4-2)17-11(18)7-10-6-5-9(15)8-16-10/h5-6,8,12H,3-4,7H2,1-2H3,(H,17,18). The predicted octanol–water partition coefficient (Wildman–Crippen LogP) is 0.374. The molecule has 0 atom stereocenters. The van der Waals surface area contributed by atoms with Crippen molar-refractivity contribution in [1.82, 2.24) is 10.3 Å². The number of pyridine rings is 1. The first kappa shape index (κ1) is 17.5. The molecule has 8 heteroatoms. The van der Waals surface area contributed by atoms with Crippen LogP contribution in [0.1, 0.15) is 19.5 Å². The first-order valence-corrected chi connectivity index (χ1v) is 6.71. The molecule has 1 rings (SSSR count).